The van der Waals surface area contributed by atoms with Gasteiger partial charge in [-0.25, -0.2) is 21.1 Å². The number of carbonyl (C=O) groups is 1. The normalized spacial score (nSPS) is 18.3. The third-order valence-electron chi connectivity index (χ3n) is 4.45. The summed E-state index contributed by atoms with van der Waals surface area (Å²) in [6, 6.07) is 10.1. The van der Waals surface area contributed by atoms with Gasteiger partial charge in [0.1, 0.15) is 16.4 Å². The van der Waals surface area contributed by atoms with E-state index >= 15 is 0 Å². The van der Waals surface area contributed by atoms with Crippen molar-refractivity contribution in [3.63, 3.8) is 0 Å². The monoisotopic (exact) mass is 454 g/mol. The molecule has 1 N–H and O–H groups in total. The highest BCUT2D eigenvalue weighted by Gasteiger charge is 2.42. The van der Waals surface area contributed by atoms with Crippen molar-refractivity contribution in [2.24, 2.45) is 5.92 Å². The van der Waals surface area contributed by atoms with Crippen LogP contribution < -0.4 is 18.5 Å². The minimum Gasteiger partial charge on any atom is -0.495 e. The molecule has 1 atom stereocenters. The number of hydrogen-bond donors (Lipinski definition) is 1. The molecule has 1 aliphatic heterocycles. The Hall–Kier alpha value is -2.79. The first-order valence-electron chi connectivity index (χ1n) is 9.09. The Labute approximate surface area is 175 Å². The molecule has 162 valence electrons. The van der Waals surface area contributed by atoms with Crippen molar-refractivity contribution in [2.75, 3.05) is 28.5 Å². The van der Waals surface area contributed by atoms with E-state index in [1.807, 2.05) is 6.92 Å². The summed E-state index contributed by atoms with van der Waals surface area (Å²) in [6.07, 6.45) is 0. The lowest BCUT2D eigenvalue weighted by Crippen LogP contribution is -2.30. The maximum absolute atomic E-state index is 13.0. The number of benzene rings is 2. The van der Waals surface area contributed by atoms with Gasteiger partial charge >= 0.3 is 0 Å². The van der Waals surface area contributed by atoms with Gasteiger partial charge in [0.15, 0.2) is 0 Å². The molecule has 0 spiro atoms. The molecule has 0 aromatic heterocycles. The number of nitrogens with zero attached hydrogens (tertiary/aromatic N) is 1. The number of carbonyl (C=O) groups excluding carboxylic acids is 1. The maximum Gasteiger partial charge on any atom is 0.265 e. The van der Waals surface area contributed by atoms with Crippen molar-refractivity contribution in [3.8, 4) is 11.5 Å². The van der Waals surface area contributed by atoms with Crippen molar-refractivity contribution in [1.82, 2.24) is 0 Å². The van der Waals surface area contributed by atoms with Gasteiger partial charge < -0.3 is 9.47 Å². The first kappa shape index (κ1) is 21.9. The lowest BCUT2D eigenvalue weighted by Gasteiger charge is -2.18. The van der Waals surface area contributed by atoms with Crippen LogP contribution in [0.2, 0.25) is 0 Å². The summed E-state index contributed by atoms with van der Waals surface area (Å²) in [7, 11) is -6.73. The van der Waals surface area contributed by atoms with E-state index in [-0.39, 0.29) is 27.8 Å². The zero-order chi connectivity index (χ0) is 22.1. The van der Waals surface area contributed by atoms with Crippen LogP contribution in [0.5, 0.6) is 11.5 Å². The molecule has 9 nitrogen and oxygen atoms in total. The summed E-state index contributed by atoms with van der Waals surface area (Å²) >= 11 is 0. The fourth-order valence-electron chi connectivity index (χ4n) is 3.08. The average molecular weight is 455 g/mol. The van der Waals surface area contributed by atoms with Gasteiger partial charge in [-0.1, -0.05) is 6.92 Å². The first-order chi connectivity index (χ1) is 14.1. The largest absolute Gasteiger partial charge is 0.495 e. The third kappa shape index (κ3) is 4.21. The van der Waals surface area contributed by atoms with Crippen molar-refractivity contribution >= 4 is 37.3 Å². The Morgan fingerprint density at radius 3 is 2.37 bits per heavy atom. The molecule has 0 radical (unpaired) electrons. The molecule has 0 bridgehead atoms. The van der Waals surface area contributed by atoms with E-state index in [9.17, 15) is 21.6 Å². The third-order valence-corrected chi connectivity index (χ3v) is 7.72. The molecular weight excluding hydrogens is 432 g/mol. The van der Waals surface area contributed by atoms with E-state index in [0.717, 1.165) is 6.07 Å². The average Bonchev–Trinajstić information content (AvgIpc) is 2.89. The smallest absolute Gasteiger partial charge is 0.265 e. The van der Waals surface area contributed by atoms with Gasteiger partial charge in [-0.15, -0.1) is 0 Å². The minimum atomic E-state index is -4.15. The Balaban J connectivity index is 1.99. The Morgan fingerprint density at radius 2 is 1.83 bits per heavy atom. The molecule has 0 aliphatic carbocycles. The number of amides is 1. The van der Waals surface area contributed by atoms with Crippen molar-refractivity contribution in [1.29, 1.82) is 0 Å². The van der Waals surface area contributed by atoms with Crippen molar-refractivity contribution in [3.05, 3.63) is 42.5 Å². The van der Waals surface area contributed by atoms with Gasteiger partial charge in [-0.3, -0.25) is 9.52 Å². The Morgan fingerprint density at radius 1 is 1.17 bits per heavy atom. The number of anilines is 2. The van der Waals surface area contributed by atoms with E-state index in [2.05, 4.69) is 4.72 Å². The lowest BCUT2D eigenvalue weighted by atomic mass is 10.2. The number of ether oxygens (including phenoxy) is 2. The zero-order valence-corrected chi connectivity index (χ0v) is 18.3. The summed E-state index contributed by atoms with van der Waals surface area (Å²) in [6.45, 7) is 3.82. The standard InChI is InChI=1S/C19H22N2O7S2/c1-4-28-16-8-5-14(6-9-16)20-30(25,26)18-11-15(7-10-17(18)27-3)21-19(22)13(2)12-29(21,23)24/h5-11,13,20H,4,12H2,1-3H3. The van der Waals surface area contributed by atoms with Gasteiger partial charge in [-0.05, 0) is 49.4 Å². The molecule has 3 rings (SSSR count). The summed E-state index contributed by atoms with van der Waals surface area (Å²) < 4.78 is 64.3. The second-order valence-corrected chi connectivity index (χ2v) is 10.2. The van der Waals surface area contributed by atoms with Crippen LogP contribution >= 0.6 is 0 Å². The quantitative estimate of drug-likeness (QED) is 0.681. The molecule has 1 unspecified atom stereocenters. The van der Waals surface area contributed by atoms with Crippen LogP contribution in [0.4, 0.5) is 11.4 Å². The van der Waals surface area contributed by atoms with Gasteiger partial charge in [0.2, 0.25) is 15.9 Å². The zero-order valence-electron chi connectivity index (χ0n) is 16.7. The Bertz CT molecular complexity index is 1160. The van der Waals surface area contributed by atoms with Crippen LogP contribution in [0.25, 0.3) is 0 Å². The van der Waals surface area contributed by atoms with E-state index in [1.54, 1.807) is 12.1 Å². The maximum atomic E-state index is 13.0. The van der Waals surface area contributed by atoms with Crippen LogP contribution in [0.15, 0.2) is 47.4 Å². The predicted octanol–water partition coefficient (Wildman–Crippen LogP) is 2.21. The molecule has 0 saturated carbocycles. The molecule has 30 heavy (non-hydrogen) atoms. The SMILES string of the molecule is CCOc1ccc(NS(=O)(=O)c2cc(N3C(=O)C(C)CS3(=O)=O)ccc2OC)cc1. The summed E-state index contributed by atoms with van der Waals surface area (Å²) in [5, 5.41) is 0. The number of rotatable bonds is 7. The highest BCUT2D eigenvalue weighted by atomic mass is 32.2. The van der Waals surface area contributed by atoms with Gasteiger partial charge in [0.25, 0.3) is 10.0 Å². The molecule has 1 fully saturated rings. The van der Waals surface area contributed by atoms with E-state index in [1.165, 1.54) is 38.3 Å². The van der Waals surface area contributed by atoms with E-state index < -0.39 is 31.9 Å². The molecule has 11 heteroatoms. The number of nitrogens with one attached hydrogen (secondary N) is 1. The summed E-state index contributed by atoms with van der Waals surface area (Å²) in [5.41, 5.74) is 0.224. The molecule has 1 heterocycles. The van der Waals surface area contributed by atoms with Crippen molar-refractivity contribution in [2.45, 2.75) is 18.7 Å². The van der Waals surface area contributed by atoms with Crippen LogP contribution in [-0.2, 0) is 24.8 Å². The number of methoxy groups -OCH3 is 1. The highest BCUT2D eigenvalue weighted by molar-refractivity contribution is 7.94. The van der Waals surface area contributed by atoms with E-state index in [0.29, 0.717) is 16.7 Å². The lowest BCUT2D eigenvalue weighted by molar-refractivity contribution is -0.119. The first-order valence-corrected chi connectivity index (χ1v) is 12.2. The molecule has 2 aromatic rings. The van der Waals surface area contributed by atoms with Crippen molar-refractivity contribution < 1.29 is 31.1 Å². The van der Waals surface area contributed by atoms with E-state index in [4.69, 9.17) is 9.47 Å². The highest BCUT2D eigenvalue weighted by Crippen LogP contribution is 2.34. The molecule has 1 aliphatic rings. The number of hydrogen-bond acceptors (Lipinski definition) is 7. The fourth-order valence-corrected chi connectivity index (χ4v) is 6.15. The topological polar surface area (TPSA) is 119 Å². The molecule has 2 aromatic carbocycles. The van der Waals surface area contributed by atoms with Crippen LogP contribution in [0, 0.1) is 5.92 Å². The molecule has 1 saturated heterocycles. The summed E-state index contributed by atoms with van der Waals surface area (Å²) in [4.78, 5) is 12.1. The second-order valence-electron chi connectivity index (χ2n) is 6.68. The minimum absolute atomic E-state index is 0.00859. The fraction of sp³-hybridized carbons (Fsp3) is 0.316. The summed E-state index contributed by atoms with van der Waals surface area (Å²) in [5.74, 6) is -1.05. The number of sulfonamides is 2. The molecular formula is C19H22N2O7S2. The van der Waals surface area contributed by atoms with Gasteiger partial charge in [0.05, 0.1) is 31.1 Å². The van der Waals surface area contributed by atoms with Crippen LogP contribution in [0.3, 0.4) is 0 Å². The van der Waals surface area contributed by atoms with Crippen LogP contribution in [-0.4, -0.2) is 42.2 Å². The second kappa shape index (κ2) is 8.15. The molecule has 1 amide bonds. The predicted molar refractivity (Wildman–Crippen MR) is 112 cm³/mol. The Kier molecular flexibility index (Phi) is 5.95. The van der Waals surface area contributed by atoms with Gasteiger partial charge in [-0.2, -0.15) is 0 Å². The van der Waals surface area contributed by atoms with Gasteiger partial charge in [0, 0.05) is 5.69 Å². The van der Waals surface area contributed by atoms with Crippen LogP contribution in [0.1, 0.15) is 13.8 Å².